The van der Waals surface area contributed by atoms with E-state index in [9.17, 15) is 4.79 Å². The molecule has 0 saturated carbocycles. The summed E-state index contributed by atoms with van der Waals surface area (Å²) in [6.07, 6.45) is 1.47. The maximum atomic E-state index is 10.8. The summed E-state index contributed by atoms with van der Waals surface area (Å²) in [7, 11) is 0. The molecule has 0 aliphatic heterocycles. The van der Waals surface area contributed by atoms with Crippen molar-refractivity contribution in [2.45, 2.75) is 0 Å². The van der Waals surface area contributed by atoms with Crippen LogP contribution in [0.2, 0.25) is 4.34 Å². The van der Waals surface area contributed by atoms with Gasteiger partial charge in [-0.1, -0.05) is 11.6 Å². The van der Waals surface area contributed by atoms with E-state index in [2.05, 4.69) is 4.98 Å². The van der Waals surface area contributed by atoms with Crippen LogP contribution in [0.5, 0.6) is 0 Å². The monoisotopic (exact) mass is 213 g/mol. The number of halogens is 1. The molecule has 66 valence electrons. The summed E-state index contributed by atoms with van der Waals surface area (Å²) in [5.41, 5.74) is 0.886. The lowest BCUT2D eigenvalue weighted by molar-refractivity contribution is 0.0699. The third kappa shape index (κ3) is 1.38. The highest BCUT2D eigenvalue weighted by Gasteiger charge is 2.11. The van der Waals surface area contributed by atoms with Gasteiger partial charge in [0.25, 0.3) is 0 Å². The number of fused-ring (bicyclic) bond motifs is 1. The Bertz CT molecular complexity index is 480. The summed E-state index contributed by atoms with van der Waals surface area (Å²) in [5, 5.41) is 8.83. The molecule has 0 bridgehead atoms. The quantitative estimate of drug-likeness (QED) is 0.792. The van der Waals surface area contributed by atoms with Crippen molar-refractivity contribution in [1.29, 1.82) is 0 Å². The molecule has 0 unspecified atom stereocenters. The normalized spacial score (nSPS) is 10.5. The molecule has 0 aliphatic carbocycles. The largest absolute Gasteiger partial charge is 0.478 e. The predicted molar refractivity (Wildman–Crippen MR) is 51.6 cm³/mol. The van der Waals surface area contributed by atoms with E-state index < -0.39 is 5.97 Å². The first-order valence-electron chi connectivity index (χ1n) is 3.46. The summed E-state index contributed by atoms with van der Waals surface area (Å²) in [6, 6.07) is 3.13. The highest BCUT2D eigenvalue weighted by molar-refractivity contribution is 7.23. The number of rotatable bonds is 1. The van der Waals surface area contributed by atoms with Crippen LogP contribution in [0.15, 0.2) is 18.3 Å². The van der Waals surface area contributed by atoms with E-state index in [4.69, 9.17) is 16.7 Å². The molecule has 0 radical (unpaired) electrons. The zero-order valence-corrected chi connectivity index (χ0v) is 7.89. The van der Waals surface area contributed by atoms with Crippen LogP contribution >= 0.6 is 22.9 Å². The number of hydrogen-bond donors (Lipinski definition) is 1. The van der Waals surface area contributed by atoms with Gasteiger partial charge in [-0.05, 0) is 12.1 Å². The van der Waals surface area contributed by atoms with Gasteiger partial charge in [-0.3, -0.25) is 4.98 Å². The summed E-state index contributed by atoms with van der Waals surface area (Å²) in [4.78, 5) is 14.8. The van der Waals surface area contributed by atoms with Gasteiger partial charge in [0.2, 0.25) is 0 Å². The molecule has 5 heteroatoms. The van der Waals surface area contributed by atoms with Crippen molar-refractivity contribution >= 4 is 39.1 Å². The maximum absolute atomic E-state index is 10.8. The molecular formula is C8H4ClNO2S. The van der Waals surface area contributed by atoms with Crippen LogP contribution in [0.3, 0.4) is 0 Å². The number of thiophene rings is 1. The van der Waals surface area contributed by atoms with Crippen LogP contribution in [0.25, 0.3) is 10.2 Å². The highest BCUT2D eigenvalue weighted by Crippen LogP contribution is 2.30. The number of nitrogens with zero attached hydrogens (tertiary/aromatic N) is 1. The number of pyridine rings is 1. The number of hydrogen-bond acceptors (Lipinski definition) is 3. The third-order valence-electron chi connectivity index (χ3n) is 1.61. The Labute approximate surface area is 82.6 Å². The fraction of sp³-hybridized carbons (Fsp3) is 0. The first kappa shape index (κ1) is 8.47. The zero-order chi connectivity index (χ0) is 9.42. The van der Waals surface area contributed by atoms with Crippen molar-refractivity contribution in [2.24, 2.45) is 0 Å². The van der Waals surface area contributed by atoms with Crippen molar-refractivity contribution in [1.82, 2.24) is 4.98 Å². The third-order valence-corrected chi connectivity index (χ3v) is 2.90. The van der Waals surface area contributed by atoms with E-state index in [0.29, 0.717) is 14.6 Å². The van der Waals surface area contributed by atoms with Gasteiger partial charge in [0.15, 0.2) is 0 Å². The van der Waals surface area contributed by atoms with Crippen molar-refractivity contribution in [3.63, 3.8) is 0 Å². The van der Waals surface area contributed by atoms with Gasteiger partial charge < -0.3 is 5.11 Å². The minimum atomic E-state index is -0.953. The van der Waals surface area contributed by atoms with E-state index in [0.717, 1.165) is 0 Å². The Morgan fingerprint density at radius 2 is 2.38 bits per heavy atom. The minimum Gasteiger partial charge on any atom is -0.478 e. The Morgan fingerprint density at radius 3 is 3.08 bits per heavy atom. The average Bonchev–Trinajstić information content (AvgIpc) is 2.43. The van der Waals surface area contributed by atoms with Gasteiger partial charge in [0.05, 0.1) is 20.1 Å². The second kappa shape index (κ2) is 2.97. The van der Waals surface area contributed by atoms with Crippen LogP contribution in [-0.2, 0) is 0 Å². The molecule has 0 amide bonds. The van der Waals surface area contributed by atoms with Crippen molar-refractivity contribution < 1.29 is 9.90 Å². The fourth-order valence-corrected chi connectivity index (χ4v) is 2.26. The first-order chi connectivity index (χ1) is 6.18. The van der Waals surface area contributed by atoms with Gasteiger partial charge in [0.1, 0.15) is 0 Å². The molecule has 1 N–H and O–H groups in total. The van der Waals surface area contributed by atoms with Gasteiger partial charge in [0, 0.05) is 6.20 Å². The molecule has 0 spiro atoms. The first-order valence-corrected chi connectivity index (χ1v) is 4.65. The van der Waals surface area contributed by atoms with E-state index in [1.165, 1.54) is 23.6 Å². The molecular weight excluding hydrogens is 210 g/mol. The molecule has 0 fully saturated rings. The number of carboxylic acid groups (broad SMARTS) is 1. The SMILES string of the molecule is O=C(O)c1ccnc2cc(Cl)sc12. The maximum Gasteiger partial charge on any atom is 0.337 e. The molecule has 2 rings (SSSR count). The molecule has 3 nitrogen and oxygen atoms in total. The number of carbonyl (C=O) groups is 1. The summed E-state index contributed by atoms with van der Waals surface area (Å²) in [6.45, 7) is 0. The van der Waals surface area contributed by atoms with Crippen LogP contribution in [0, 0.1) is 0 Å². The van der Waals surface area contributed by atoms with Crippen LogP contribution in [0.4, 0.5) is 0 Å². The standard InChI is InChI=1S/C8H4ClNO2S/c9-6-3-5-7(13-6)4(8(11)12)1-2-10-5/h1-3H,(H,11,12). The van der Waals surface area contributed by atoms with Gasteiger partial charge >= 0.3 is 5.97 Å². The molecule has 2 aromatic rings. The summed E-state index contributed by atoms with van der Waals surface area (Å²) < 4.78 is 1.18. The highest BCUT2D eigenvalue weighted by atomic mass is 35.5. The van der Waals surface area contributed by atoms with Crippen molar-refractivity contribution in [2.75, 3.05) is 0 Å². The number of aromatic nitrogens is 1. The zero-order valence-electron chi connectivity index (χ0n) is 6.32. The summed E-state index contributed by atoms with van der Waals surface area (Å²) >= 11 is 6.97. The number of carboxylic acids is 1. The van der Waals surface area contributed by atoms with Crippen molar-refractivity contribution in [3.05, 3.63) is 28.2 Å². The van der Waals surface area contributed by atoms with Crippen LogP contribution in [-0.4, -0.2) is 16.1 Å². The van der Waals surface area contributed by atoms with E-state index in [-0.39, 0.29) is 5.56 Å². The molecule has 2 heterocycles. The Morgan fingerprint density at radius 1 is 1.62 bits per heavy atom. The Balaban J connectivity index is 2.82. The average molecular weight is 214 g/mol. The second-order valence-electron chi connectivity index (χ2n) is 2.43. The molecule has 0 aromatic carbocycles. The second-order valence-corrected chi connectivity index (χ2v) is 4.11. The smallest absolute Gasteiger partial charge is 0.337 e. The van der Waals surface area contributed by atoms with Crippen LogP contribution in [0.1, 0.15) is 10.4 Å². The topological polar surface area (TPSA) is 50.2 Å². The Kier molecular flexibility index (Phi) is 1.94. The molecule has 2 aromatic heterocycles. The summed E-state index contributed by atoms with van der Waals surface area (Å²) in [5.74, 6) is -0.953. The van der Waals surface area contributed by atoms with Crippen molar-refractivity contribution in [3.8, 4) is 0 Å². The van der Waals surface area contributed by atoms with Gasteiger partial charge in [-0.15, -0.1) is 11.3 Å². The van der Waals surface area contributed by atoms with E-state index >= 15 is 0 Å². The fourth-order valence-electron chi connectivity index (χ4n) is 1.08. The van der Waals surface area contributed by atoms with E-state index in [1.54, 1.807) is 6.07 Å². The van der Waals surface area contributed by atoms with E-state index in [1.807, 2.05) is 0 Å². The molecule has 0 saturated heterocycles. The molecule has 0 aliphatic rings. The molecule has 0 atom stereocenters. The Hall–Kier alpha value is -1.13. The predicted octanol–water partition coefficient (Wildman–Crippen LogP) is 2.65. The lowest BCUT2D eigenvalue weighted by atomic mass is 10.2. The van der Waals surface area contributed by atoms with Gasteiger partial charge in [-0.2, -0.15) is 0 Å². The lowest BCUT2D eigenvalue weighted by Gasteiger charge is -1.93. The van der Waals surface area contributed by atoms with Gasteiger partial charge in [-0.25, -0.2) is 4.79 Å². The lowest BCUT2D eigenvalue weighted by Crippen LogP contribution is -1.95. The van der Waals surface area contributed by atoms with Crippen LogP contribution < -0.4 is 0 Å². The molecule has 13 heavy (non-hydrogen) atoms. The number of aromatic carboxylic acids is 1. The minimum absolute atomic E-state index is 0.252.